The van der Waals surface area contributed by atoms with E-state index in [0.29, 0.717) is 0 Å². The third-order valence-corrected chi connectivity index (χ3v) is 3.06. The van der Waals surface area contributed by atoms with Crippen molar-refractivity contribution >= 4 is 17.6 Å². The fourth-order valence-corrected chi connectivity index (χ4v) is 2.06. The summed E-state index contributed by atoms with van der Waals surface area (Å²) < 4.78 is 36.5. The van der Waals surface area contributed by atoms with Crippen LogP contribution in [0.25, 0.3) is 0 Å². The van der Waals surface area contributed by atoms with Crippen molar-refractivity contribution in [1.29, 1.82) is 0 Å². The third kappa shape index (κ3) is 3.27. The fraction of sp³-hybridized carbons (Fsp3) is 0.385. The van der Waals surface area contributed by atoms with Crippen LogP contribution in [0.5, 0.6) is 5.75 Å². The van der Waals surface area contributed by atoms with Crippen molar-refractivity contribution in [1.82, 2.24) is 0 Å². The number of carbonyl (C=O) groups is 2. The Hall–Kier alpha value is -2.22. The second kappa shape index (κ2) is 6.04. The number of benzene rings is 1. The maximum absolute atomic E-state index is 13.5. The number of halogens is 2. The highest BCUT2D eigenvalue weighted by atomic mass is 19.1. The van der Waals surface area contributed by atoms with Gasteiger partial charge in [-0.3, -0.25) is 4.79 Å². The maximum atomic E-state index is 13.5. The number of carboxylic acid groups (broad SMARTS) is 1. The van der Waals surface area contributed by atoms with Crippen LogP contribution in [0.15, 0.2) is 12.1 Å². The van der Waals surface area contributed by atoms with Crippen LogP contribution in [0.2, 0.25) is 0 Å². The molecule has 0 radical (unpaired) electrons. The highest BCUT2D eigenvalue weighted by Gasteiger charge is 2.34. The summed E-state index contributed by atoms with van der Waals surface area (Å²) in [6.45, 7) is 0. The Balaban J connectivity index is 2.05. The van der Waals surface area contributed by atoms with Crippen LogP contribution in [-0.4, -0.2) is 36.3 Å². The quantitative estimate of drug-likeness (QED) is 0.881. The predicted octanol–water partition coefficient (Wildman–Crippen LogP) is 1.54. The van der Waals surface area contributed by atoms with Crippen LogP contribution in [0.4, 0.5) is 14.5 Å². The van der Waals surface area contributed by atoms with E-state index >= 15 is 0 Å². The highest BCUT2D eigenvalue weighted by molar-refractivity contribution is 5.94. The molecule has 2 rings (SSSR count). The maximum Gasteiger partial charge on any atom is 0.332 e. The highest BCUT2D eigenvalue weighted by Crippen LogP contribution is 2.26. The number of aliphatic carboxylic acids is 1. The van der Waals surface area contributed by atoms with Gasteiger partial charge < -0.3 is 19.9 Å². The van der Waals surface area contributed by atoms with Gasteiger partial charge in [-0.15, -0.1) is 0 Å². The molecular weight excluding hydrogens is 288 g/mol. The molecule has 1 heterocycles. The van der Waals surface area contributed by atoms with Gasteiger partial charge in [-0.05, 0) is 12.8 Å². The van der Waals surface area contributed by atoms with E-state index in [1.165, 1.54) is 0 Å². The van der Waals surface area contributed by atoms with Crippen LogP contribution in [0.1, 0.15) is 12.8 Å². The summed E-state index contributed by atoms with van der Waals surface area (Å²) in [6.07, 6.45) is -1.56. The van der Waals surface area contributed by atoms with Gasteiger partial charge >= 0.3 is 5.97 Å². The van der Waals surface area contributed by atoms with Crippen molar-refractivity contribution in [3.8, 4) is 5.75 Å². The molecule has 8 heteroatoms. The Morgan fingerprint density at radius 3 is 2.33 bits per heavy atom. The molecule has 114 valence electrons. The van der Waals surface area contributed by atoms with Gasteiger partial charge in [0.2, 0.25) is 0 Å². The second-order valence-corrected chi connectivity index (χ2v) is 4.49. The SMILES string of the molecule is COc1c(F)cc(NC(=O)[C@@H]2CC[C@H](C(=O)O)O2)cc1F. The molecule has 0 aromatic heterocycles. The molecule has 0 aliphatic carbocycles. The Bertz CT molecular complexity index is 555. The van der Waals surface area contributed by atoms with Crippen LogP contribution in [0, 0.1) is 11.6 Å². The van der Waals surface area contributed by atoms with Crippen molar-refractivity contribution in [2.75, 3.05) is 12.4 Å². The molecule has 1 aromatic carbocycles. The lowest BCUT2D eigenvalue weighted by atomic mass is 10.2. The van der Waals surface area contributed by atoms with Gasteiger partial charge in [-0.1, -0.05) is 0 Å². The van der Waals surface area contributed by atoms with Gasteiger partial charge in [0.25, 0.3) is 5.91 Å². The van der Waals surface area contributed by atoms with Gasteiger partial charge in [-0.25, -0.2) is 13.6 Å². The topological polar surface area (TPSA) is 84.9 Å². The Morgan fingerprint density at radius 1 is 1.29 bits per heavy atom. The summed E-state index contributed by atoms with van der Waals surface area (Å²) in [6, 6.07) is 1.81. The first-order valence-corrected chi connectivity index (χ1v) is 6.14. The molecule has 1 fully saturated rings. The van der Waals surface area contributed by atoms with Gasteiger partial charge in [0.05, 0.1) is 7.11 Å². The molecule has 0 spiro atoms. The number of ether oxygens (including phenoxy) is 2. The van der Waals surface area contributed by atoms with Crippen LogP contribution < -0.4 is 10.1 Å². The standard InChI is InChI=1S/C13H13F2NO5/c1-20-11-7(14)4-6(5-8(11)15)16-12(17)9-2-3-10(21-9)13(18)19/h4-5,9-10H,2-3H2,1H3,(H,16,17)(H,18,19)/t9-,10+/m0/s1. The summed E-state index contributed by atoms with van der Waals surface area (Å²) in [5, 5.41) is 11.0. The van der Waals surface area contributed by atoms with Gasteiger partial charge in [0.1, 0.15) is 6.10 Å². The predicted molar refractivity (Wildman–Crippen MR) is 67.1 cm³/mol. The van der Waals surface area contributed by atoms with Gasteiger partial charge in [-0.2, -0.15) is 0 Å². The van der Waals surface area contributed by atoms with E-state index in [1.807, 2.05) is 0 Å². The first kappa shape index (κ1) is 15.2. The molecular formula is C13H13F2NO5. The number of nitrogens with one attached hydrogen (secondary N) is 1. The molecule has 1 saturated heterocycles. The second-order valence-electron chi connectivity index (χ2n) is 4.49. The summed E-state index contributed by atoms with van der Waals surface area (Å²) in [5.41, 5.74) is -0.0989. The number of amides is 1. The minimum atomic E-state index is -1.15. The largest absolute Gasteiger partial charge is 0.491 e. The molecule has 0 bridgehead atoms. The van der Waals surface area contributed by atoms with Crippen molar-refractivity contribution in [2.45, 2.75) is 25.0 Å². The van der Waals surface area contributed by atoms with Crippen LogP contribution in [0.3, 0.4) is 0 Å². The molecule has 2 N–H and O–H groups in total. The molecule has 0 saturated carbocycles. The number of anilines is 1. The van der Waals surface area contributed by atoms with E-state index in [-0.39, 0.29) is 18.5 Å². The minimum absolute atomic E-state index is 0.0989. The summed E-state index contributed by atoms with van der Waals surface area (Å²) in [5.74, 6) is -4.25. The van der Waals surface area contributed by atoms with E-state index in [0.717, 1.165) is 19.2 Å². The molecule has 6 nitrogen and oxygen atoms in total. The zero-order valence-electron chi connectivity index (χ0n) is 11.1. The molecule has 21 heavy (non-hydrogen) atoms. The first-order chi connectivity index (χ1) is 9.92. The van der Waals surface area contributed by atoms with E-state index in [9.17, 15) is 18.4 Å². The number of hydrogen-bond acceptors (Lipinski definition) is 4. The Labute approximate surface area is 118 Å². The molecule has 0 unspecified atom stereocenters. The zero-order valence-corrected chi connectivity index (χ0v) is 11.1. The Morgan fingerprint density at radius 2 is 1.86 bits per heavy atom. The molecule has 1 amide bonds. The molecule has 1 aliphatic heterocycles. The van der Waals surface area contributed by atoms with Crippen LogP contribution in [-0.2, 0) is 14.3 Å². The van der Waals surface area contributed by atoms with Crippen LogP contribution >= 0.6 is 0 Å². The number of hydrogen-bond donors (Lipinski definition) is 2. The lowest BCUT2D eigenvalue weighted by Gasteiger charge is -2.13. The minimum Gasteiger partial charge on any atom is -0.491 e. The third-order valence-electron chi connectivity index (χ3n) is 3.06. The molecule has 1 aliphatic rings. The van der Waals surface area contributed by atoms with Crippen molar-refractivity contribution in [3.63, 3.8) is 0 Å². The summed E-state index contributed by atoms with van der Waals surface area (Å²) in [4.78, 5) is 22.6. The lowest BCUT2D eigenvalue weighted by molar-refractivity contribution is -0.150. The first-order valence-electron chi connectivity index (χ1n) is 6.14. The van der Waals surface area contributed by atoms with E-state index in [1.54, 1.807) is 0 Å². The van der Waals surface area contributed by atoms with E-state index in [4.69, 9.17) is 9.84 Å². The van der Waals surface area contributed by atoms with E-state index in [2.05, 4.69) is 10.1 Å². The lowest BCUT2D eigenvalue weighted by Crippen LogP contribution is -2.30. The average molecular weight is 301 g/mol. The van der Waals surface area contributed by atoms with Gasteiger partial charge in [0, 0.05) is 17.8 Å². The average Bonchev–Trinajstić information content (AvgIpc) is 2.88. The number of carboxylic acids is 1. The molecule has 1 aromatic rings. The van der Waals surface area contributed by atoms with Crippen molar-refractivity contribution < 1.29 is 33.0 Å². The molecule has 2 atom stereocenters. The van der Waals surface area contributed by atoms with E-state index < -0.39 is 41.5 Å². The van der Waals surface area contributed by atoms with Crippen molar-refractivity contribution in [2.24, 2.45) is 0 Å². The monoisotopic (exact) mass is 301 g/mol. The van der Waals surface area contributed by atoms with Gasteiger partial charge in [0.15, 0.2) is 23.5 Å². The fourth-order valence-electron chi connectivity index (χ4n) is 2.06. The normalized spacial score (nSPS) is 21.1. The van der Waals surface area contributed by atoms with Crippen molar-refractivity contribution in [3.05, 3.63) is 23.8 Å². The summed E-state index contributed by atoms with van der Waals surface area (Å²) in [7, 11) is 1.12. The number of rotatable bonds is 4. The zero-order chi connectivity index (χ0) is 15.6. The number of carbonyl (C=O) groups excluding carboxylic acids is 1. The summed E-state index contributed by atoms with van der Waals surface area (Å²) >= 11 is 0. The Kier molecular flexibility index (Phi) is 4.37. The smallest absolute Gasteiger partial charge is 0.332 e. The number of methoxy groups -OCH3 is 1.